The second kappa shape index (κ2) is 6.97. The quantitative estimate of drug-likeness (QED) is 0.608. The van der Waals surface area contributed by atoms with Crippen LogP contribution in [-0.4, -0.2) is 27.1 Å². The molecule has 1 amide bonds. The minimum atomic E-state index is -0.806. The van der Waals surface area contributed by atoms with Crippen molar-refractivity contribution < 1.29 is 24.2 Å². The lowest BCUT2D eigenvalue weighted by Gasteiger charge is -2.31. The standard InChI is InChI=1S/C19H17N3O7/c1-10-13(7-12(21(25)26)8-15(10)22(27)28)18(24)20-11-4-5-17-14(6-11)16(23)9-19(2,3)29-17/h4-8H,9H2,1-3H3,(H,20,24). The Morgan fingerprint density at radius 2 is 1.83 bits per heavy atom. The SMILES string of the molecule is Cc1c(C(=O)Nc2ccc3c(c2)C(=O)CC(C)(C)O3)cc([N+](=O)[O-])cc1[N+](=O)[O-]. The number of nitrogens with zero attached hydrogens (tertiary/aromatic N) is 2. The van der Waals surface area contributed by atoms with Crippen LogP contribution in [0.25, 0.3) is 0 Å². The van der Waals surface area contributed by atoms with Gasteiger partial charge in [0, 0.05) is 17.3 Å². The van der Waals surface area contributed by atoms with Crippen molar-refractivity contribution in [2.45, 2.75) is 32.8 Å². The van der Waals surface area contributed by atoms with Crippen molar-refractivity contribution in [1.82, 2.24) is 0 Å². The van der Waals surface area contributed by atoms with Crippen molar-refractivity contribution in [3.63, 3.8) is 0 Å². The first-order valence-electron chi connectivity index (χ1n) is 8.59. The number of hydrogen-bond acceptors (Lipinski definition) is 7. The van der Waals surface area contributed by atoms with E-state index in [4.69, 9.17) is 4.74 Å². The molecule has 0 unspecified atom stereocenters. The van der Waals surface area contributed by atoms with Gasteiger partial charge in [-0.1, -0.05) is 0 Å². The highest BCUT2D eigenvalue weighted by molar-refractivity contribution is 6.07. The number of benzene rings is 2. The summed E-state index contributed by atoms with van der Waals surface area (Å²) < 4.78 is 5.75. The van der Waals surface area contributed by atoms with Crippen molar-refractivity contribution in [2.24, 2.45) is 0 Å². The van der Waals surface area contributed by atoms with Crippen molar-refractivity contribution in [3.8, 4) is 5.75 Å². The molecule has 2 aromatic carbocycles. The molecule has 1 heterocycles. The molecule has 10 nitrogen and oxygen atoms in total. The van der Waals surface area contributed by atoms with Crippen LogP contribution >= 0.6 is 0 Å². The first-order chi connectivity index (χ1) is 13.5. The fraction of sp³-hybridized carbons (Fsp3) is 0.263. The Hall–Kier alpha value is -3.82. The normalized spacial score (nSPS) is 14.5. The van der Waals surface area contributed by atoms with Gasteiger partial charge in [-0.2, -0.15) is 0 Å². The molecule has 0 aromatic heterocycles. The summed E-state index contributed by atoms with van der Waals surface area (Å²) in [6.45, 7) is 4.92. The highest BCUT2D eigenvalue weighted by Crippen LogP contribution is 2.35. The number of non-ortho nitro benzene ring substituents is 1. The van der Waals surface area contributed by atoms with E-state index in [2.05, 4.69) is 5.32 Å². The Labute approximate surface area is 164 Å². The van der Waals surface area contributed by atoms with Gasteiger partial charge in [0.05, 0.1) is 33.5 Å². The Morgan fingerprint density at radius 1 is 1.14 bits per heavy atom. The van der Waals surface area contributed by atoms with E-state index in [9.17, 15) is 29.8 Å². The lowest BCUT2D eigenvalue weighted by Crippen LogP contribution is -2.35. The molecule has 0 atom stereocenters. The topological polar surface area (TPSA) is 142 Å². The van der Waals surface area contributed by atoms with E-state index < -0.39 is 32.7 Å². The Bertz CT molecular complexity index is 1080. The second-order valence-corrected chi connectivity index (χ2v) is 7.28. The van der Waals surface area contributed by atoms with Crippen molar-refractivity contribution in [3.05, 3.63) is 67.3 Å². The van der Waals surface area contributed by atoms with Crippen LogP contribution in [0.5, 0.6) is 5.75 Å². The predicted molar refractivity (Wildman–Crippen MR) is 103 cm³/mol. The Morgan fingerprint density at radius 3 is 2.45 bits per heavy atom. The zero-order valence-corrected chi connectivity index (χ0v) is 15.8. The first kappa shape index (κ1) is 19.9. The van der Waals surface area contributed by atoms with E-state index in [0.717, 1.165) is 12.1 Å². The Balaban J connectivity index is 1.96. The summed E-state index contributed by atoms with van der Waals surface area (Å²) >= 11 is 0. The van der Waals surface area contributed by atoms with Gasteiger partial charge in [-0.05, 0) is 39.0 Å². The van der Waals surface area contributed by atoms with Gasteiger partial charge >= 0.3 is 0 Å². The number of anilines is 1. The van der Waals surface area contributed by atoms with Crippen LogP contribution in [0.1, 0.15) is 46.5 Å². The van der Waals surface area contributed by atoms with Crippen molar-refractivity contribution >= 4 is 28.8 Å². The molecule has 3 rings (SSSR count). The van der Waals surface area contributed by atoms with Gasteiger partial charge in [0.2, 0.25) is 0 Å². The van der Waals surface area contributed by atoms with E-state index in [0.29, 0.717) is 11.3 Å². The van der Waals surface area contributed by atoms with Gasteiger partial charge in [-0.25, -0.2) is 0 Å². The number of amides is 1. The summed E-state index contributed by atoms with van der Waals surface area (Å²) in [7, 11) is 0. The number of Topliss-reactive ketones (excluding diaryl/α,β-unsaturated/α-hetero) is 1. The Kier molecular flexibility index (Phi) is 4.79. The summed E-state index contributed by atoms with van der Waals surface area (Å²) in [5.41, 5.74) is -1.36. The molecule has 0 aliphatic carbocycles. The summed E-state index contributed by atoms with van der Waals surface area (Å²) in [5, 5.41) is 24.8. The molecular weight excluding hydrogens is 382 g/mol. The molecule has 2 aromatic rings. The number of nitro benzene ring substituents is 2. The number of nitro groups is 2. The highest BCUT2D eigenvalue weighted by Gasteiger charge is 2.32. The molecule has 0 saturated heterocycles. The van der Waals surface area contributed by atoms with Crippen molar-refractivity contribution in [2.75, 3.05) is 5.32 Å². The molecule has 0 fully saturated rings. The number of carbonyl (C=O) groups is 2. The van der Waals surface area contributed by atoms with Crippen LogP contribution in [0.4, 0.5) is 17.1 Å². The lowest BCUT2D eigenvalue weighted by molar-refractivity contribution is -0.394. The number of ether oxygens (including phenoxy) is 1. The fourth-order valence-electron chi connectivity index (χ4n) is 3.14. The maximum Gasteiger partial charge on any atom is 0.279 e. The van der Waals surface area contributed by atoms with Crippen LogP contribution < -0.4 is 10.1 Å². The molecule has 0 radical (unpaired) electrons. The molecule has 0 saturated carbocycles. The van der Waals surface area contributed by atoms with E-state index in [1.54, 1.807) is 19.9 Å². The number of carbonyl (C=O) groups excluding carboxylic acids is 2. The van der Waals surface area contributed by atoms with Crippen LogP contribution in [0.2, 0.25) is 0 Å². The molecule has 1 N–H and O–H groups in total. The summed E-state index contributed by atoms with van der Waals surface area (Å²) in [4.78, 5) is 45.7. The van der Waals surface area contributed by atoms with Gasteiger partial charge in [0.1, 0.15) is 11.4 Å². The summed E-state index contributed by atoms with van der Waals surface area (Å²) in [6, 6.07) is 6.31. The zero-order chi connectivity index (χ0) is 21.5. The van der Waals surface area contributed by atoms with Gasteiger partial charge in [0.15, 0.2) is 5.78 Å². The molecule has 1 aliphatic heterocycles. The van der Waals surface area contributed by atoms with E-state index in [1.807, 2.05) is 0 Å². The lowest BCUT2D eigenvalue weighted by atomic mass is 9.93. The van der Waals surface area contributed by atoms with Gasteiger partial charge in [-0.3, -0.25) is 29.8 Å². The van der Waals surface area contributed by atoms with E-state index in [1.165, 1.54) is 19.1 Å². The zero-order valence-electron chi connectivity index (χ0n) is 15.8. The molecule has 1 aliphatic rings. The number of rotatable bonds is 4. The molecule has 10 heteroatoms. The average Bonchev–Trinajstić information content (AvgIpc) is 2.61. The molecule has 150 valence electrons. The number of ketones is 1. The fourth-order valence-corrected chi connectivity index (χ4v) is 3.14. The molecule has 0 spiro atoms. The van der Waals surface area contributed by atoms with Gasteiger partial charge in [-0.15, -0.1) is 0 Å². The van der Waals surface area contributed by atoms with E-state index >= 15 is 0 Å². The van der Waals surface area contributed by atoms with Crippen LogP contribution in [0, 0.1) is 27.2 Å². The first-order valence-corrected chi connectivity index (χ1v) is 8.59. The largest absolute Gasteiger partial charge is 0.487 e. The average molecular weight is 399 g/mol. The number of nitrogens with one attached hydrogen (secondary N) is 1. The maximum atomic E-state index is 12.7. The smallest absolute Gasteiger partial charge is 0.279 e. The number of fused-ring (bicyclic) bond motifs is 1. The molecular formula is C19H17N3O7. The van der Waals surface area contributed by atoms with E-state index in [-0.39, 0.29) is 29.0 Å². The minimum absolute atomic E-state index is 0.00257. The predicted octanol–water partition coefficient (Wildman–Crippen LogP) is 3.81. The summed E-state index contributed by atoms with van der Waals surface area (Å²) in [6.07, 6.45) is 0.174. The number of hydrogen-bond donors (Lipinski definition) is 1. The molecule has 29 heavy (non-hydrogen) atoms. The van der Waals surface area contributed by atoms with Gasteiger partial charge in [0.25, 0.3) is 17.3 Å². The van der Waals surface area contributed by atoms with Gasteiger partial charge < -0.3 is 10.1 Å². The second-order valence-electron chi connectivity index (χ2n) is 7.28. The minimum Gasteiger partial charge on any atom is -0.487 e. The van der Waals surface area contributed by atoms with Crippen LogP contribution in [-0.2, 0) is 0 Å². The van der Waals surface area contributed by atoms with Crippen LogP contribution in [0.15, 0.2) is 30.3 Å². The van der Waals surface area contributed by atoms with Crippen LogP contribution in [0.3, 0.4) is 0 Å². The third-order valence-corrected chi connectivity index (χ3v) is 4.53. The molecule has 0 bridgehead atoms. The summed E-state index contributed by atoms with van der Waals surface area (Å²) in [5.74, 6) is -0.514. The van der Waals surface area contributed by atoms with Crippen molar-refractivity contribution in [1.29, 1.82) is 0 Å². The third-order valence-electron chi connectivity index (χ3n) is 4.53. The highest BCUT2D eigenvalue weighted by atomic mass is 16.6. The third kappa shape index (κ3) is 3.91. The monoisotopic (exact) mass is 399 g/mol. The maximum absolute atomic E-state index is 12.7.